The van der Waals surface area contributed by atoms with E-state index < -0.39 is 6.10 Å². The Morgan fingerprint density at radius 3 is 2.59 bits per heavy atom. The van der Waals surface area contributed by atoms with Crippen LogP contribution in [0.5, 0.6) is 0 Å². The zero-order valence-corrected chi connectivity index (χ0v) is 15.8. The van der Waals surface area contributed by atoms with Gasteiger partial charge in [0.25, 0.3) is 5.91 Å². The van der Waals surface area contributed by atoms with E-state index >= 15 is 0 Å². The van der Waals surface area contributed by atoms with Crippen molar-refractivity contribution in [3.63, 3.8) is 0 Å². The minimum atomic E-state index is -0.408. The smallest absolute Gasteiger partial charge is 0.255 e. The van der Waals surface area contributed by atoms with Crippen LogP contribution >= 0.6 is 0 Å². The Balaban J connectivity index is 1.39. The molecule has 2 fully saturated rings. The molecule has 2 aliphatic rings. The molecule has 1 amide bonds. The van der Waals surface area contributed by atoms with Crippen LogP contribution in [0.1, 0.15) is 19.8 Å². The molecule has 0 saturated carbocycles. The lowest BCUT2D eigenvalue weighted by molar-refractivity contribution is -0.161. The summed E-state index contributed by atoms with van der Waals surface area (Å²) in [6.07, 6.45) is 3.16. The SMILES string of the molecule is CC1OC2(CCN(CCn3nccc3N)CC2)CN(c2ccccc2)C1=O. The van der Waals surface area contributed by atoms with Gasteiger partial charge in [0, 0.05) is 25.3 Å². The number of carbonyl (C=O) groups is 1. The van der Waals surface area contributed by atoms with Gasteiger partial charge in [-0.15, -0.1) is 0 Å². The third-order valence-electron chi connectivity index (χ3n) is 5.70. The van der Waals surface area contributed by atoms with Crippen molar-refractivity contribution >= 4 is 17.4 Å². The Hall–Kier alpha value is -2.38. The predicted octanol–water partition coefficient (Wildman–Crippen LogP) is 1.75. The molecule has 2 N–H and O–H groups in total. The summed E-state index contributed by atoms with van der Waals surface area (Å²) in [4.78, 5) is 17.0. The Kier molecular flexibility index (Phi) is 4.88. The van der Waals surface area contributed by atoms with E-state index in [0.717, 1.165) is 44.7 Å². The molecular weight excluding hydrogens is 342 g/mol. The van der Waals surface area contributed by atoms with Gasteiger partial charge in [0.2, 0.25) is 0 Å². The van der Waals surface area contributed by atoms with Gasteiger partial charge in [-0.2, -0.15) is 5.10 Å². The number of para-hydroxylation sites is 1. The molecule has 2 saturated heterocycles. The molecule has 1 aromatic heterocycles. The maximum atomic E-state index is 12.7. The number of carbonyl (C=O) groups excluding carboxylic acids is 1. The largest absolute Gasteiger partial charge is 0.384 e. The fraction of sp³-hybridized carbons (Fsp3) is 0.500. The summed E-state index contributed by atoms with van der Waals surface area (Å²) in [5.41, 5.74) is 6.58. The molecule has 0 bridgehead atoms. The van der Waals surface area contributed by atoms with Gasteiger partial charge in [0.15, 0.2) is 0 Å². The highest BCUT2D eigenvalue weighted by molar-refractivity contribution is 5.97. The van der Waals surface area contributed by atoms with Crippen molar-refractivity contribution in [1.29, 1.82) is 0 Å². The molecule has 1 unspecified atom stereocenters. The van der Waals surface area contributed by atoms with Crippen molar-refractivity contribution in [2.45, 2.75) is 38.0 Å². The van der Waals surface area contributed by atoms with Gasteiger partial charge in [-0.1, -0.05) is 18.2 Å². The highest BCUT2D eigenvalue weighted by Gasteiger charge is 2.45. The number of benzene rings is 1. The number of rotatable bonds is 4. The van der Waals surface area contributed by atoms with Crippen molar-refractivity contribution < 1.29 is 9.53 Å². The monoisotopic (exact) mass is 369 g/mol. The van der Waals surface area contributed by atoms with Gasteiger partial charge in [0.1, 0.15) is 11.9 Å². The van der Waals surface area contributed by atoms with Crippen LogP contribution in [0.4, 0.5) is 11.5 Å². The second kappa shape index (κ2) is 7.32. The van der Waals surface area contributed by atoms with Crippen LogP contribution in [0.2, 0.25) is 0 Å². The second-order valence-electron chi connectivity index (χ2n) is 7.52. The van der Waals surface area contributed by atoms with Crippen molar-refractivity contribution in [3.8, 4) is 0 Å². The highest BCUT2D eigenvalue weighted by Crippen LogP contribution is 2.34. The van der Waals surface area contributed by atoms with Crippen molar-refractivity contribution in [1.82, 2.24) is 14.7 Å². The van der Waals surface area contributed by atoms with E-state index in [0.29, 0.717) is 12.4 Å². The summed E-state index contributed by atoms with van der Waals surface area (Å²) in [5, 5.41) is 4.24. The molecular formula is C20H27N5O2. The zero-order chi connectivity index (χ0) is 18.9. The standard InChI is InChI=1S/C20H27N5O2/c1-16-19(26)24(17-5-3-2-4-6-17)15-20(27-16)8-11-23(12-9-20)13-14-25-18(21)7-10-22-25/h2-7,10,16H,8-9,11-15,21H2,1H3. The first-order valence-corrected chi connectivity index (χ1v) is 9.60. The first kappa shape index (κ1) is 18.0. The minimum Gasteiger partial charge on any atom is -0.384 e. The Morgan fingerprint density at radius 1 is 1.19 bits per heavy atom. The molecule has 3 heterocycles. The summed E-state index contributed by atoms with van der Waals surface area (Å²) in [6.45, 7) is 6.10. The fourth-order valence-electron chi connectivity index (χ4n) is 4.10. The summed E-state index contributed by atoms with van der Waals surface area (Å²) < 4.78 is 8.07. The summed E-state index contributed by atoms with van der Waals surface area (Å²) in [7, 11) is 0. The third-order valence-corrected chi connectivity index (χ3v) is 5.70. The lowest BCUT2D eigenvalue weighted by atomic mass is 9.88. The van der Waals surface area contributed by atoms with Crippen LogP contribution in [-0.4, -0.2) is 58.5 Å². The lowest BCUT2D eigenvalue weighted by Gasteiger charge is -2.49. The highest BCUT2D eigenvalue weighted by atomic mass is 16.5. The number of nitrogens with two attached hydrogens (primary N) is 1. The van der Waals surface area contributed by atoms with E-state index in [-0.39, 0.29) is 11.5 Å². The molecule has 4 rings (SSSR count). The zero-order valence-electron chi connectivity index (χ0n) is 15.8. The number of piperidine rings is 1. The van der Waals surface area contributed by atoms with E-state index in [1.807, 2.05) is 52.9 Å². The molecule has 2 aliphatic heterocycles. The van der Waals surface area contributed by atoms with Crippen LogP contribution in [0.25, 0.3) is 0 Å². The van der Waals surface area contributed by atoms with Gasteiger partial charge in [-0.25, -0.2) is 4.68 Å². The second-order valence-corrected chi connectivity index (χ2v) is 7.52. The summed E-state index contributed by atoms with van der Waals surface area (Å²) in [5.74, 6) is 0.744. The van der Waals surface area contributed by atoms with E-state index in [2.05, 4.69) is 10.00 Å². The number of ether oxygens (including phenoxy) is 1. The van der Waals surface area contributed by atoms with Gasteiger partial charge in [-0.05, 0) is 38.0 Å². The average molecular weight is 369 g/mol. The molecule has 1 spiro atoms. The Bertz CT molecular complexity index is 783. The fourth-order valence-corrected chi connectivity index (χ4v) is 4.10. The van der Waals surface area contributed by atoms with Gasteiger partial charge in [0.05, 0.1) is 24.9 Å². The van der Waals surface area contributed by atoms with Gasteiger partial charge >= 0.3 is 0 Å². The van der Waals surface area contributed by atoms with Crippen LogP contribution in [0.15, 0.2) is 42.6 Å². The van der Waals surface area contributed by atoms with E-state index in [1.165, 1.54) is 0 Å². The number of nitrogens with zero attached hydrogens (tertiary/aromatic N) is 4. The number of morpholine rings is 1. The number of hydrogen-bond donors (Lipinski definition) is 1. The predicted molar refractivity (Wildman–Crippen MR) is 104 cm³/mol. The lowest BCUT2D eigenvalue weighted by Crippen LogP contribution is -2.61. The van der Waals surface area contributed by atoms with E-state index in [4.69, 9.17) is 10.5 Å². The average Bonchev–Trinajstić information content (AvgIpc) is 3.10. The van der Waals surface area contributed by atoms with E-state index in [1.54, 1.807) is 6.20 Å². The molecule has 0 aliphatic carbocycles. The number of anilines is 2. The van der Waals surface area contributed by atoms with Gasteiger partial charge in [-0.3, -0.25) is 4.79 Å². The normalized spacial score (nSPS) is 23.1. The molecule has 7 heteroatoms. The number of likely N-dealkylation sites (tertiary alicyclic amines) is 1. The van der Waals surface area contributed by atoms with Crippen LogP contribution < -0.4 is 10.6 Å². The molecule has 2 aromatic rings. The number of amides is 1. The molecule has 0 radical (unpaired) electrons. The van der Waals surface area contributed by atoms with E-state index in [9.17, 15) is 4.79 Å². The summed E-state index contributed by atoms with van der Waals surface area (Å²) >= 11 is 0. The third kappa shape index (κ3) is 3.70. The van der Waals surface area contributed by atoms with Crippen LogP contribution in [0.3, 0.4) is 0 Å². The minimum absolute atomic E-state index is 0.0448. The van der Waals surface area contributed by atoms with Gasteiger partial charge < -0.3 is 20.3 Å². The topological polar surface area (TPSA) is 76.6 Å². The maximum Gasteiger partial charge on any atom is 0.255 e. The number of aromatic nitrogens is 2. The summed E-state index contributed by atoms with van der Waals surface area (Å²) in [6, 6.07) is 11.7. The first-order valence-electron chi connectivity index (χ1n) is 9.60. The van der Waals surface area contributed by atoms with Crippen molar-refractivity contribution in [3.05, 3.63) is 42.6 Å². The number of hydrogen-bond acceptors (Lipinski definition) is 5. The Labute approximate surface area is 159 Å². The molecule has 144 valence electrons. The Morgan fingerprint density at radius 2 is 1.93 bits per heavy atom. The molecule has 1 aromatic carbocycles. The van der Waals surface area contributed by atoms with Crippen molar-refractivity contribution in [2.75, 3.05) is 36.8 Å². The van der Waals surface area contributed by atoms with Crippen molar-refractivity contribution in [2.24, 2.45) is 0 Å². The van der Waals surface area contributed by atoms with Crippen LogP contribution in [0, 0.1) is 0 Å². The quantitative estimate of drug-likeness (QED) is 0.889. The van der Waals surface area contributed by atoms with Crippen LogP contribution in [-0.2, 0) is 16.1 Å². The number of nitrogen functional groups attached to an aromatic ring is 1. The maximum absolute atomic E-state index is 12.7. The molecule has 1 atom stereocenters. The first-order chi connectivity index (χ1) is 13.1. The molecule has 27 heavy (non-hydrogen) atoms. The molecule has 7 nitrogen and oxygen atoms in total.